The number of carbonyl (C=O) groups is 4. The fourth-order valence-electron chi connectivity index (χ4n) is 2.32. The number of hydrogen-bond donors (Lipinski definition) is 4. The van der Waals surface area contributed by atoms with Gasteiger partial charge in [0.15, 0.2) is 0 Å². The van der Waals surface area contributed by atoms with Crippen molar-refractivity contribution < 1.29 is 33.8 Å². The molecule has 0 fully saturated rings. The highest BCUT2D eigenvalue weighted by Crippen LogP contribution is 2.02. The predicted octanol–water partition coefficient (Wildman–Crippen LogP) is 0.202. The van der Waals surface area contributed by atoms with Crippen LogP contribution in [0.4, 0.5) is 0 Å². The highest BCUT2D eigenvalue weighted by atomic mass is 16.5. The van der Waals surface area contributed by atoms with E-state index < -0.39 is 12.0 Å². The van der Waals surface area contributed by atoms with Crippen LogP contribution in [0.3, 0.4) is 0 Å². The number of nitrogens with one attached hydrogen (secondary N) is 3. The van der Waals surface area contributed by atoms with E-state index in [1.54, 1.807) is 0 Å². The number of amides is 3. The number of carbonyl (C=O) groups excluding carboxylic acids is 3. The van der Waals surface area contributed by atoms with Crippen molar-refractivity contribution in [2.24, 2.45) is 0 Å². The van der Waals surface area contributed by atoms with Gasteiger partial charge in [-0.05, 0) is 19.8 Å². The second-order valence-electron chi connectivity index (χ2n) is 6.42. The highest BCUT2D eigenvalue weighted by molar-refractivity contribution is 5.84. The second-order valence-corrected chi connectivity index (χ2v) is 6.42. The van der Waals surface area contributed by atoms with Crippen LogP contribution in [0.25, 0.3) is 0 Å². The number of hydrogen-bond acceptors (Lipinski definition) is 6. The van der Waals surface area contributed by atoms with Crippen molar-refractivity contribution >= 4 is 23.7 Å². The Labute approximate surface area is 172 Å². The number of carboxylic acids is 1. The number of likely N-dealkylation sites (N-methyl/N-ethyl adjacent to an activating group) is 1. The molecular formula is C19H35N3O7. The molecular weight excluding hydrogens is 382 g/mol. The Hall–Kier alpha value is -2.20. The molecule has 0 rings (SSSR count). The fourth-order valence-corrected chi connectivity index (χ4v) is 2.32. The summed E-state index contributed by atoms with van der Waals surface area (Å²) in [5, 5.41) is 16.9. The van der Waals surface area contributed by atoms with Crippen molar-refractivity contribution in [3.8, 4) is 0 Å². The van der Waals surface area contributed by atoms with Gasteiger partial charge in [0.1, 0.15) is 12.6 Å². The van der Waals surface area contributed by atoms with E-state index >= 15 is 0 Å². The van der Waals surface area contributed by atoms with Crippen LogP contribution in [0.1, 0.15) is 52.4 Å². The number of aliphatic carboxylic acids is 1. The number of rotatable bonds is 18. The molecule has 0 radical (unpaired) electrons. The Morgan fingerprint density at radius 1 is 0.862 bits per heavy atom. The molecule has 0 aromatic heterocycles. The first-order valence-corrected chi connectivity index (χ1v) is 10.1. The maximum absolute atomic E-state index is 11.8. The van der Waals surface area contributed by atoms with Gasteiger partial charge in [0, 0.05) is 25.9 Å². The Balaban J connectivity index is 3.80. The molecule has 1 unspecified atom stereocenters. The normalized spacial score (nSPS) is 11.5. The monoisotopic (exact) mass is 417 g/mol. The molecule has 10 heteroatoms. The lowest BCUT2D eigenvalue weighted by Gasteiger charge is -2.14. The minimum Gasteiger partial charge on any atom is -0.480 e. The first-order valence-electron chi connectivity index (χ1n) is 10.1. The molecule has 3 amide bonds. The number of ether oxygens (including phenoxy) is 2. The van der Waals surface area contributed by atoms with Gasteiger partial charge in [0.05, 0.1) is 19.8 Å². The standard InChI is InChI=1S/C19H35N3O7/c1-3-5-6-7-17(24)22-15(19(26)27)8-9-16(23)21-10-11-28-12-13-29-14-18(25)20-4-2/h15H,3-14H2,1-2H3,(H,20,25)(H,21,23)(H,22,24)(H,26,27). The zero-order valence-electron chi connectivity index (χ0n) is 17.5. The minimum absolute atomic E-state index is 0.0120. The minimum atomic E-state index is -1.16. The fraction of sp³-hybridized carbons (Fsp3) is 0.789. The van der Waals surface area contributed by atoms with E-state index in [9.17, 15) is 24.3 Å². The smallest absolute Gasteiger partial charge is 0.326 e. The van der Waals surface area contributed by atoms with Gasteiger partial charge in [0.2, 0.25) is 17.7 Å². The van der Waals surface area contributed by atoms with E-state index in [2.05, 4.69) is 16.0 Å². The van der Waals surface area contributed by atoms with Gasteiger partial charge in [-0.1, -0.05) is 19.8 Å². The van der Waals surface area contributed by atoms with Crippen LogP contribution in [-0.2, 0) is 28.7 Å². The van der Waals surface area contributed by atoms with Crippen molar-refractivity contribution in [1.29, 1.82) is 0 Å². The van der Waals surface area contributed by atoms with E-state index in [0.29, 0.717) is 19.6 Å². The van der Waals surface area contributed by atoms with Crippen molar-refractivity contribution in [3.05, 3.63) is 0 Å². The second kappa shape index (κ2) is 17.9. The average molecular weight is 418 g/mol. The molecule has 0 aromatic carbocycles. The lowest BCUT2D eigenvalue weighted by Crippen LogP contribution is -2.41. The summed E-state index contributed by atoms with van der Waals surface area (Å²) in [7, 11) is 0. The molecule has 4 N–H and O–H groups in total. The van der Waals surface area contributed by atoms with E-state index in [1.165, 1.54) is 0 Å². The quantitative estimate of drug-likeness (QED) is 0.233. The molecule has 0 saturated carbocycles. The first-order chi connectivity index (χ1) is 13.9. The zero-order valence-corrected chi connectivity index (χ0v) is 17.5. The molecule has 10 nitrogen and oxygen atoms in total. The van der Waals surface area contributed by atoms with Crippen molar-refractivity contribution in [2.75, 3.05) is 39.5 Å². The summed E-state index contributed by atoms with van der Waals surface area (Å²) < 4.78 is 10.4. The lowest BCUT2D eigenvalue weighted by atomic mass is 10.1. The predicted molar refractivity (Wildman–Crippen MR) is 106 cm³/mol. The van der Waals surface area contributed by atoms with Gasteiger partial charge in [0.25, 0.3) is 0 Å². The summed E-state index contributed by atoms with van der Waals surface area (Å²) >= 11 is 0. The summed E-state index contributed by atoms with van der Waals surface area (Å²) in [4.78, 5) is 45.9. The van der Waals surface area contributed by atoms with E-state index in [4.69, 9.17) is 9.47 Å². The van der Waals surface area contributed by atoms with Gasteiger partial charge < -0.3 is 30.5 Å². The third-order valence-corrected chi connectivity index (χ3v) is 3.85. The molecule has 1 atom stereocenters. The molecule has 0 saturated heterocycles. The van der Waals surface area contributed by atoms with Crippen molar-refractivity contribution in [2.45, 2.75) is 58.4 Å². The zero-order chi connectivity index (χ0) is 21.9. The molecule has 0 heterocycles. The Kier molecular flexibility index (Phi) is 16.5. The van der Waals surface area contributed by atoms with Crippen LogP contribution in [0.5, 0.6) is 0 Å². The van der Waals surface area contributed by atoms with Crippen LogP contribution in [-0.4, -0.2) is 74.4 Å². The summed E-state index contributed by atoms with van der Waals surface area (Å²) in [6.45, 7) is 5.48. The third-order valence-electron chi connectivity index (χ3n) is 3.85. The van der Waals surface area contributed by atoms with Crippen molar-refractivity contribution in [1.82, 2.24) is 16.0 Å². The van der Waals surface area contributed by atoms with Crippen molar-refractivity contribution in [3.63, 3.8) is 0 Å². The van der Waals surface area contributed by atoms with E-state index in [0.717, 1.165) is 12.8 Å². The van der Waals surface area contributed by atoms with Gasteiger partial charge in [-0.15, -0.1) is 0 Å². The van der Waals surface area contributed by atoms with Crippen LogP contribution in [0.2, 0.25) is 0 Å². The highest BCUT2D eigenvalue weighted by Gasteiger charge is 2.20. The molecule has 0 spiro atoms. The topological polar surface area (TPSA) is 143 Å². The van der Waals surface area contributed by atoms with Crippen LogP contribution >= 0.6 is 0 Å². The van der Waals surface area contributed by atoms with Gasteiger partial charge >= 0.3 is 5.97 Å². The summed E-state index contributed by atoms with van der Waals surface area (Å²) in [5.74, 6) is -1.96. The molecule has 0 aliphatic heterocycles. The largest absolute Gasteiger partial charge is 0.480 e. The maximum Gasteiger partial charge on any atom is 0.326 e. The van der Waals surface area contributed by atoms with Gasteiger partial charge in [-0.3, -0.25) is 14.4 Å². The third kappa shape index (κ3) is 16.5. The van der Waals surface area contributed by atoms with E-state index in [-0.39, 0.29) is 63.3 Å². The first kappa shape index (κ1) is 26.8. The molecule has 0 aliphatic carbocycles. The number of carboxylic acid groups (broad SMARTS) is 1. The molecule has 0 aromatic rings. The van der Waals surface area contributed by atoms with Gasteiger partial charge in [-0.2, -0.15) is 0 Å². The van der Waals surface area contributed by atoms with Crippen LogP contribution in [0, 0.1) is 0 Å². The average Bonchev–Trinajstić information content (AvgIpc) is 2.67. The van der Waals surface area contributed by atoms with Gasteiger partial charge in [-0.25, -0.2) is 4.79 Å². The Morgan fingerprint density at radius 3 is 2.24 bits per heavy atom. The summed E-state index contributed by atoms with van der Waals surface area (Å²) in [5.41, 5.74) is 0. The maximum atomic E-state index is 11.8. The Bertz CT molecular complexity index is 500. The Morgan fingerprint density at radius 2 is 1.59 bits per heavy atom. The number of unbranched alkanes of at least 4 members (excludes halogenated alkanes) is 2. The van der Waals surface area contributed by atoms with E-state index in [1.807, 2.05) is 13.8 Å². The summed E-state index contributed by atoms with van der Waals surface area (Å²) in [6.07, 6.45) is 2.90. The molecule has 29 heavy (non-hydrogen) atoms. The SMILES string of the molecule is CCCCCC(=O)NC(CCC(=O)NCCOCCOCC(=O)NCC)C(=O)O. The molecule has 168 valence electrons. The van der Waals surface area contributed by atoms with Crippen LogP contribution in [0.15, 0.2) is 0 Å². The molecule has 0 aliphatic rings. The molecule has 0 bridgehead atoms. The summed E-state index contributed by atoms with van der Waals surface area (Å²) in [6, 6.07) is -1.08. The van der Waals surface area contributed by atoms with Crippen LogP contribution < -0.4 is 16.0 Å². The lowest BCUT2D eigenvalue weighted by molar-refractivity contribution is -0.142.